The van der Waals surface area contributed by atoms with Gasteiger partial charge in [0.2, 0.25) is 0 Å². The van der Waals surface area contributed by atoms with Gasteiger partial charge in [-0.25, -0.2) is 4.57 Å². The first-order valence-electron chi connectivity index (χ1n) is 21.1. The van der Waals surface area contributed by atoms with Gasteiger partial charge in [-0.15, -0.1) is 0 Å². The molecule has 300 valence electrons. The van der Waals surface area contributed by atoms with E-state index in [9.17, 15) is 14.2 Å². The number of carbonyl (C=O) groups excluding carboxylic acids is 2. The van der Waals surface area contributed by atoms with Gasteiger partial charge < -0.3 is 19.3 Å². The Morgan fingerprint density at radius 2 is 0.824 bits per heavy atom. The van der Waals surface area contributed by atoms with Crippen molar-refractivity contribution < 1.29 is 37.9 Å². The van der Waals surface area contributed by atoms with Crippen LogP contribution in [0.4, 0.5) is 0 Å². The van der Waals surface area contributed by atoms with Crippen LogP contribution < -0.4 is 0 Å². The third-order valence-corrected chi connectivity index (χ3v) is 9.68. The minimum absolute atomic E-state index is 0.207. The normalized spacial score (nSPS) is 12.6. The second-order valence-electron chi connectivity index (χ2n) is 14.3. The molecule has 0 unspecified atom stereocenters. The molecular formula is C42H79O8P. The molecule has 0 spiro atoms. The summed E-state index contributed by atoms with van der Waals surface area (Å²) in [5, 5.41) is 0. The Morgan fingerprint density at radius 1 is 0.490 bits per heavy atom. The zero-order valence-electron chi connectivity index (χ0n) is 33.0. The van der Waals surface area contributed by atoms with Crippen molar-refractivity contribution in [3.8, 4) is 0 Å². The number of allylic oxidation sites excluding steroid dienone is 4. The van der Waals surface area contributed by atoms with Crippen LogP contribution in [0, 0.1) is 0 Å². The van der Waals surface area contributed by atoms with Gasteiger partial charge in [0.05, 0.1) is 6.61 Å². The predicted octanol–water partition coefficient (Wildman–Crippen LogP) is 12.8. The van der Waals surface area contributed by atoms with Crippen LogP contribution in [0.15, 0.2) is 24.3 Å². The van der Waals surface area contributed by atoms with E-state index in [1.807, 2.05) is 0 Å². The van der Waals surface area contributed by atoms with Gasteiger partial charge in [0.15, 0.2) is 6.10 Å². The molecule has 0 aliphatic carbocycles. The molecule has 0 heterocycles. The van der Waals surface area contributed by atoms with Gasteiger partial charge in [0.25, 0.3) is 0 Å². The van der Waals surface area contributed by atoms with Crippen molar-refractivity contribution in [1.29, 1.82) is 0 Å². The third-order valence-electron chi connectivity index (χ3n) is 9.19. The molecule has 2 N–H and O–H groups in total. The molecule has 0 bridgehead atoms. The molecule has 0 radical (unpaired) electrons. The lowest BCUT2D eigenvalue weighted by atomic mass is 10.1. The van der Waals surface area contributed by atoms with Crippen molar-refractivity contribution in [2.75, 3.05) is 13.2 Å². The second-order valence-corrected chi connectivity index (χ2v) is 15.5. The quantitative estimate of drug-likeness (QED) is 0.0276. The number of esters is 2. The predicted molar refractivity (Wildman–Crippen MR) is 212 cm³/mol. The minimum atomic E-state index is -4.75. The summed E-state index contributed by atoms with van der Waals surface area (Å²) in [6.07, 6.45) is 43.2. The smallest absolute Gasteiger partial charge is 0.462 e. The van der Waals surface area contributed by atoms with E-state index in [4.69, 9.17) is 19.3 Å². The summed E-state index contributed by atoms with van der Waals surface area (Å²) in [6, 6.07) is 0. The van der Waals surface area contributed by atoms with Crippen molar-refractivity contribution in [3.63, 3.8) is 0 Å². The number of ether oxygens (including phenoxy) is 2. The van der Waals surface area contributed by atoms with Crippen molar-refractivity contribution in [2.24, 2.45) is 0 Å². The minimum Gasteiger partial charge on any atom is -0.462 e. The van der Waals surface area contributed by atoms with Crippen molar-refractivity contribution in [3.05, 3.63) is 24.3 Å². The molecule has 0 amide bonds. The average molecular weight is 743 g/mol. The number of phosphoric acid groups is 1. The summed E-state index contributed by atoms with van der Waals surface area (Å²) in [4.78, 5) is 42.8. The summed E-state index contributed by atoms with van der Waals surface area (Å²) in [7, 11) is -4.75. The number of phosphoric ester groups is 1. The Bertz CT molecular complexity index is 884. The van der Waals surface area contributed by atoms with E-state index < -0.39 is 32.5 Å². The summed E-state index contributed by atoms with van der Waals surface area (Å²) in [5.74, 6) is -0.893. The fourth-order valence-corrected chi connectivity index (χ4v) is 6.37. The van der Waals surface area contributed by atoms with Gasteiger partial charge in [0, 0.05) is 12.8 Å². The maximum absolute atomic E-state index is 12.4. The zero-order chi connectivity index (χ0) is 37.5. The van der Waals surface area contributed by atoms with Crippen LogP contribution in [-0.4, -0.2) is 41.0 Å². The molecule has 0 aliphatic heterocycles. The van der Waals surface area contributed by atoms with Crippen LogP contribution in [0.3, 0.4) is 0 Å². The average Bonchev–Trinajstić information content (AvgIpc) is 3.10. The monoisotopic (exact) mass is 743 g/mol. The maximum Gasteiger partial charge on any atom is 0.469 e. The van der Waals surface area contributed by atoms with E-state index in [0.717, 1.165) is 57.8 Å². The topological polar surface area (TPSA) is 119 Å². The maximum atomic E-state index is 12.4. The fourth-order valence-electron chi connectivity index (χ4n) is 6.01. The van der Waals surface area contributed by atoms with Crippen LogP contribution in [0.1, 0.15) is 213 Å². The van der Waals surface area contributed by atoms with Crippen LogP contribution in [0.5, 0.6) is 0 Å². The number of carbonyl (C=O) groups is 2. The molecule has 9 heteroatoms. The standard InChI is InChI=1S/C42H79O8P/c1-3-5-7-9-11-13-15-17-19-21-23-25-27-29-31-33-35-37-42(44)50-40(39-49-51(45,46)47)38-48-41(43)36-34-32-30-28-26-24-22-20-18-16-14-12-10-8-6-4-2/h17,19-20,22,40H,3-16,18,21,23-39H2,1-2H3,(H2,45,46,47)/b19-17-,22-20-/t40-/m1/s1. The molecule has 0 aromatic heterocycles. The Kier molecular flexibility index (Phi) is 37.2. The van der Waals surface area contributed by atoms with Gasteiger partial charge in [-0.2, -0.15) is 0 Å². The first kappa shape index (κ1) is 49.5. The first-order chi connectivity index (χ1) is 24.8. The van der Waals surface area contributed by atoms with Gasteiger partial charge >= 0.3 is 19.8 Å². The largest absolute Gasteiger partial charge is 0.469 e. The lowest BCUT2D eigenvalue weighted by Crippen LogP contribution is -2.29. The Labute approximate surface area is 313 Å². The van der Waals surface area contributed by atoms with E-state index in [0.29, 0.717) is 12.8 Å². The highest BCUT2D eigenvalue weighted by Crippen LogP contribution is 2.36. The van der Waals surface area contributed by atoms with Gasteiger partial charge in [-0.3, -0.25) is 14.1 Å². The summed E-state index contributed by atoms with van der Waals surface area (Å²) in [5.41, 5.74) is 0. The van der Waals surface area contributed by atoms with Crippen LogP contribution >= 0.6 is 7.82 Å². The molecule has 0 aromatic rings. The fraction of sp³-hybridized carbons (Fsp3) is 0.857. The zero-order valence-corrected chi connectivity index (χ0v) is 33.9. The molecule has 0 rings (SSSR count). The van der Waals surface area contributed by atoms with E-state index in [2.05, 4.69) is 42.7 Å². The summed E-state index contributed by atoms with van der Waals surface area (Å²) in [6.45, 7) is 3.68. The highest BCUT2D eigenvalue weighted by atomic mass is 31.2. The molecule has 1 atom stereocenters. The molecule has 0 saturated carbocycles. The number of hydrogen-bond acceptors (Lipinski definition) is 6. The van der Waals surface area contributed by atoms with Crippen LogP contribution in [-0.2, 0) is 28.2 Å². The second kappa shape index (κ2) is 38.3. The number of rotatable bonds is 39. The first-order valence-corrected chi connectivity index (χ1v) is 22.7. The van der Waals surface area contributed by atoms with Crippen molar-refractivity contribution in [2.45, 2.75) is 219 Å². The van der Waals surface area contributed by atoms with E-state index in [-0.39, 0.29) is 19.4 Å². The molecule has 0 aromatic carbocycles. The highest BCUT2D eigenvalue weighted by Gasteiger charge is 2.22. The number of hydrogen-bond donors (Lipinski definition) is 2. The molecule has 0 fully saturated rings. The van der Waals surface area contributed by atoms with Gasteiger partial charge in [-0.1, -0.05) is 160 Å². The molecule has 8 nitrogen and oxygen atoms in total. The number of unbranched alkanes of at least 4 members (excludes halogenated alkanes) is 25. The molecule has 51 heavy (non-hydrogen) atoms. The third kappa shape index (κ3) is 41.2. The Hall–Kier alpha value is -1.47. The van der Waals surface area contributed by atoms with E-state index in [1.54, 1.807) is 0 Å². The van der Waals surface area contributed by atoms with Gasteiger partial charge in [-0.05, 0) is 64.2 Å². The molecular weight excluding hydrogens is 663 g/mol. The summed E-state index contributed by atoms with van der Waals surface area (Å²) < 4.78 is 26.4. The lowest BCUT2D eigenvalue weighted by Gasteiger charge is -2.18. The Balaban J connectivity index is 3.92. The highest BCUT2D eigenvalue weighted by molar-refractivity contribution is 7.46. The molecule has 0 saturated heterocycles. The van der Waals surface area contributed by atoms with Crippen molar-refractivity contribution in [1.82, 2.24) is 0 Å². The van der Waals surface area contributed by atoms with Crippen LogP contribution in [0.2, 0.25) is 0 Å². The van der Waals surface area contributed by atoms with Crippen LogP contribution in [0.25, 0.3) is 0 Å². The summed E-state index contributed by atoms with van der Waals surface area (Å²) >= 11 is 0. The lowest BCUT2D eigenvalue weighted by molar-refractivity contribution is -0.161. The van der Waals surface area contributed by atoms with E-state index >= 15 is 0 Å². The van der Waals surface area contributed by atoms with Crippen molar-refractivity contribution >= 4 is 19.8 Å². The van der Waals surface area contributed by atoms with Gasteiger partial charge in [0.1, 0.15) is 6.61 Å². The van der Waals surface area contributed by atoms with E-state index in [1.165, 1.54) is 116 Å². The SMILES string of the molecule is CCCCCCCC/C=C\CCCCCCCCCC(=O)O[C@H](COC(=O)CCCCCCC/C=C\CCCCCCCCC)COP(=O)(O)O. The Morgan fingerprint density at radius 3 is 1.20 bits per heavy atom. The molecule has 0 aliphatic rings.